The van der Waals surface area contributed by atoms with Crippen LogP contribution >= 0.6 is 0 Å². The monoisotopic (exact) mass is 434 g/mol. The molecule has 0 radical (unpaired) electrons. The highest BCUT2D eigenvalue weighted by molar-refractivity contribution is 5.33. The van der Waals surface area contributed by atoms with E-state index in [-0.39, 0.29) is 6.61 Å². The van der Waals surface area contributed by atoms with Crippen molar-refractivity contribution in [3.63, 3.8) is 0 Å². The Morgan fingerprint density at radius 1 is 0.968 bits per heavy atom. The fourth-order valence-corrected chi connectivity index (χ4v) is 3.71. The Bertz CT molecular complexity index is 896. The number of allylic oxidation sites excluding steroid dienone is 4. The third-order valence-corrected chi connectivity index (χ3v) is 5.42. The van der Waals surface area contributed by atoms with E-state index in [1.54, 1.807) is 12.5 Å². The average Bonchev–Trinajstić information content (AvgIpc) is 2.79. The van der Waals surface area contributed by atoms with Gasteiger partial charge in [-0.15, -0.1) is 0 Å². The molecule has 0 saturated carbocycles. The number of benzene rings is 1. The summed E-state index contributed by atoms with van der Waals surface area (Å²) in [6, 6.07) is 1.23. The van der Waals surface area contributed by atoms with Crippen LogP contribution in [0.2, 0.25) is 0 Å². The summed E-state index contributed by atoms with van der Waals surface area (Å²) in [6.07, 6.45) is 12.1. The fourth-order valence-electron chi connectivity index (χ4n) is 3.71. The normalized spacial score (nSPS) is 19.2. The summed E-state index contributed by atoms with van der Waals surface area (Å²) in [4.78, 5) is 4.38. The van der Waals surface area contributed by atoms with Crippen LogP contribution in [-0.2, 0) is 9.47 Å². The van der Waals surface area contributed by atoms with Gasteiger partial charge in [-0.2, -0.15) is 0 Å². The largest absolute Gasteiger partial charge is 0.488 e. The summed E-state index contributed by atoms with van der Waals surface area (Å²) in [5.74, 6) is -2.09. The topological polar surface area (TPSA) is 34.2 Å². The third kappa shape index (κ3) is 5.44. The molecule has 1 aliphatic carbocycles. The van der Waals surface area contributed by atoms with Gasteiger partial charge in [0, 0.05) is 44.9 Å². The zero-order valence-corrected chi connectivity index (χ0v) is 17.2. The van der Waals surface area contributed by atoms with Gasteiger partial charge in [0.05, 0.1) is 6.61 Å². The van der Waals surface area contributed by atoms with Crippen LogP contribution in [0.1, 0.15) is 19.3 Å². The SMILES string of the molecule is Fc1cc(F)c(OCCCN2CCN(C3=COC(C4=CC=CCC4)=CO3)CC2)c(F)c1. The zero-order chi connectivity index (χ0) is 21.6. The Hall–Kier alpha value is -2.87. The second kappa shape index (κ2) is 9.96. The van der Waals surface area contributed by atoms with Gasteiger partial charge in [-0.25, -0.2) is 13.2 Å². The van der Waals surface area contributed by atoms with Crippen LogP contribution in [-0.4, -0.2) is 49.1 Å². The van der Waals surface area contributed by atoms with Crippen LogP contribution < -0.4 is 4.74 Å². The first-order chi connectivity index (χ1) is 15.1. The number of ether oxygens (including phenoxy) is 3. The Balaban J connectivity index is 1.17. The van der Waals surface area contributed by atoms with Crippen molar-refractivity contribution in [3.8, 4) is 5.75 Å². The fraction of sp³-hybridized carbons (Fsp3) is 0.391. The Labute approximate surface area is 179 Å². The van der Waals surface area contributed by atoms with Crippen LogP contribution in [0.15, 0.2) is 60.1 Å². The molecule has 0 spiro atoms. The lowest BCUT2D eigenvalue weighted by Gasteiger charge is -2.36. The first kappa shape index (κ1) is 21.4. The Morgan fingerprint density at radius 3 is 2.39 bits per heavy atom. The highest BCUT2D eigenvalue weighted by Gasteiger charge is 2.22. The second-order valence-corrected chi connectivity index (χ2v) is 7.56. The summed E-state index contributed by atoms with van der Waals surface area (Å²) in [5, 5.41) is 0. The van der Waals surface area contributed by atoms with Gasteiger partial charge in [0.15, 0.2) is 29.4 Å². The molecular weight excluding hydrogens is 409 g/mol. The molecule has 0 N–H and O–H groups in total. The van der Waals surface area contributed by atoms with E-state index in [1.807, 2.05) is 12.2 Å². The van der Waals surface area contributed by atoms with Crippen molar-refractivity contribution in [1.29, 1.82) is 0 Å². The van der Waals surface area contributed by atoms with E-state index in [4.69, 9.17) is 14.2 Å². The molecule has 1 fully saturated rings. The van der Waals surface area contributed by atoms with Gasteiger partial charge in [0.25, 0.3) is 0 Å². The van der Waals surface area contributed by atoms with E-state index in [9.17, 15) is 13.2 Å². The minimum atomic E-state index is -1.03. The molecule has 0 amide bonds. The van der Waals surface area contributed by atoms with Crippen LogP contribution in [0.3, 0.4) is 0 Å². The van der Waals surface area contributed by atoms with E-state index in [0.717, 1.165) is 56.9 Å². The van der Waals surface area contributed by atoms with Gasteiger partial charge < -0.3 is 19.1 Å². The van der Waals surface area contributed by atoms with Crippen molar-refractivity contribution >= 4 is 0 Å². The van der Waals surface area contributed by atoms with Crippen molar-refractivity contribution in [1.82, 2.24) is 9.80 Å². The van der Waals surface area contributed by atoms with Crippen molar-refractivity contribution in [3.05, 3.63) is 77.6 Å². The van der Waals surface area contributed by atoms with E-state index in [1.165, 1.54) is 0 Å². The van der Waals surface area contributed by atoms with Crippen molar-refractivity contribution in [2.45, 2.75) is 19.3 Å². The summed E-state index contributed by atoms with van der Waals surface area (Å²) in [5.41, 5.74) is 1.13. The molecule has 166 valence electrons. The third-order valence-electron chi connectivity index (χ3n) is 5.42. The van der Waals surface area contributed by atoms with Crippen molar-refractivity contribution in [2.24, 2.45) is 0 Å². The van der Waals surface area contributed by atoms with Crippen LogP contribution in [0.5, 0.6) is 5.75 Å². The Morgan fingerprint density at radius 2 is 1.74 bits per heavy atom. The van der Waals surface area contributed by atoms with Gasteiger partial charge in [-0.1, -0.05) is 18.2 Å². The molecule has 1 saturated heterocycles. The summed E-state index contributed by atoms with van der Waals surface area (Å²) in [7, 11) is 0. The molecule has 4 rings (SSSR count). The zero-order valence-electron chi connectivity index (χ0n) is 17.2. The highest BCUT2D eigenvalue weighted by atomic mass is 19.1. The molecule has 3 aliphatic rings. The van der Waals surface area contributed by atoms with Gasteiger partial charge in [-0.3, -0.25) is 4.90 Å². The van der Waals surface area contributed by atoms with E-state index >= 15 is 0 Å². The first-order valence-electron chi connectivity index (χ1n) is 10.4. The molecule has 2 heterocycles. The molecule has 0 atom stereocenters. The number of nitrogens with zero attached hydrogens (tertiary/aromatic N) is 2. The molecule has 5 nitrogen and oxygen atoms in total. The van der Waals surface area contributed by atoms with E-state index in [0.29, 0.717) is 24.4 Å². The molecule has 0 aromatic heterocycles. The minimum Gasteiger partial charge on any atom is -0.488 e. The summed E-state index contributed by atoms with van der Waals surface area (Å²) < 4.78 is 56.8. The molecular formula is C23H25F3N2O3. The lowest BCUT2D eigenvalue weighted by Crippen LogP contribution is -2.46. The predicted molar refractivity (Wildman–Crippen MR) is 109 cm³/mol. The smallest absolute Gasteiger partial charge is 0.231 e. The number of piperazine rings is 1. The molecule has 1 aromatic carbocycles. The molecule has 8 heteroatoms. The number of hydrogen-bond acceptors (Lipinski definition) is 5. The standard InChI is InChI=1S/C23H25F3N2O3/c24-18-13-19(25)23(20(26)14-18)29-12-4-7-27-8-10-28(11-9-27)22-16-30-21(15-31-22)17-5-2-1-3-6-17/h1-2,5,13-16H,3-4,6-12H2. The maximum Gasteiger partial charge on any atom is 0.231 e. The van der Waals surface area contributed by atoms with Gasteiger partial charge in [0.1, 0.15) is 12.1 Å². The second-order valence-electron chi connectivity index (χ2n) is 7.56. The van der Waals surface area contributed by atoms with Crippen LogP contribution in [0.25, 0.3) is 0 Å². The van der Waals surface area contributed by atoms with Gasteiger partial charge in [-0.05, 0) is 24.8 Å². The molecule has 0 unspecified atom stereocenters. The lowest BCUT2D eigenvalue weighted by molar-refractivity contribution is 0.0821. The molecule has 0 bridgehead atoms. The van der Waals surface area contributed by atoms with Gasteiger partial charge >= 0.3 is 0 Å². The van der Waals surface area contributed by atoms with Gasteiger partial charge in [0.2, 0.25) is 5.88 Å². The van der Waals surface area contributed by atoms with E-state index < -0.39 is 23.2 Å². The quantitative estimate of drug-likeness (QED) is 0.593. The number of hydrogen-bond donors (Lipinski definition) is 0. The lowest BCUT2D eigenvalue weighted by atomic mass is 10.0. The average molecular weight is 434 g/mol. The predicted octanol–water partition coefficient (Wildman–Crippen LogP) is 4.45. The summed E-state index contributed by atoms with van der Waals surface area (Å²) in [6.45, 7) is 4.11. The summed E-state index contributed by atoms with van der Waals surface area (Å²) >= 11 is 0. The highest BCUT2D eigenvalue weighted by Crippen LogP contribution is 2.26. The van der Waals surface area contributed by atoms with Crippen molar-refractivity contribution in [2.75, 3.05) is 39.3 Å². The molecule has 31 heavy (non-hydrogen) atoms. The van der Waals surface area contributed by atoms with Crippen molar-refractivity contribution < 1.29 is 27.4 Å². The molecule has 1 aromatic rings. The maximum atomic E-state index is 13.6. The Kier molecular flexibility index (Phi) is 6.86. The van der Waals surface area contributed by atoms with E-state index in [2.05, 4.69) is 15.9 Å². The minimum absolute atomic E-state index is 0.153. The maximum absolute atomic E-state index is 13.6. The number of rotatable bonds is 7. The van der Waals surface area contributed by atoms with Crippen LogP contribution in [0, 0.1) is 17.5 Å². The van der Waals surface area contributed by atoms with Crippen LogP contribution in [0.4, 0.5) is 13.2 Å². The number of halogens is 3. The molecule has 2 aliphatic heterocycles. The first-order valence-corrected chi connectivity index (χ1v) is 10.4.